The number of benzene rings is 1. The molecule has 0 atom stereocenters. The zero-order chi connectivity index (χ0) is 10.4. The van der Waals surface area contributed by atoms with E-state index in [-0.39, 0.29) is 5.82 Å². The van der Waals surface area contributed by atoms with Gasteiger partial charge in [0.1, 0.15) is 5.82 Å². The van der Waals surface area contributed by atoms with Gasteiger partial charge in [-0.05, 0) is 24.7 Å². The van der Waals surface area contributed by atoms with E-state index in [2.05, 4.69) is 5.32 Å². The summed E-state index contributed by atoms with van der Waals surface area (Å²) in [6.45, 7) is 3.67. The zero-order valence-electron chi connectivity index (χ0n) is 8.06. The molecule has 14 heavy (non-hydrogen) atoms. The average molecular weight is 214 g/mol. The summed E-state index contributed by atoms with van der Waals surface area (Å²) in [5, 5.41) is 3.66. The van der Waals surface area contributed by atoms with Crippen molar-refractivity contribution in [3.63, 3.8) is 0 Å². The molecule has 1 N–H and O–H groups in total. The maximum Gasteiger partial charge on any atom is 0.130 e. The normalized spacial score (nSPS) is 11.1. The minimum Gasteiger partial charge on any atom is -0.314 e. The number of likely N-dealkylation sites (N-methyl/N-ethyl adjacent to an activating group) is 1. The lowest BCUT2D eigenvalue weighted by molar-refractivity contribution is 0.625. The van der Waals surface area contributed by atoms with Crippen LogP contribution in [0.3, 0.4) is 0 Å². The second-order valence-corrected chi connectivity index (χ2v) is 3.31. The van der Waals surface area contributed by atoms with Crippen LogP contribution in [0.1, 0.15) is 12.5 Å². The van der Waals surface area contributed by atoms with Gasteiger partial charge in [-0.25, -0.2) is 4.39 Å². The number of hydrogen-bond donors (Lipinski definition) is 1. The van der Waals surface area contributed by atoms with E-state index in [1.165, 1.54) is 6.07 Å². The van der Waals surface area contributed by atoms with Crippen molar-refractivity contribution in [2.75, 3.05) is 13.1 Å². The summed E-state index contributed by atoms with van der Waals surface area (Å²) in [7, 11) is 0. The van der Waals surface area contributed by atoms with Gasteiger partial charge in [0.2, 0.25) is 0 Å². The van der Waals surface area contributed by atoms with Crippen molar-refractivity contribution in [3.05, 3.63) is 40.7 Å². The van der Waals surface area contributed by atoms with Crippen molar-refractivity contribution in [1.82, 2.24) is 5.32 Å². The number of nitrogens with one attached hydrogen (secondary N) is 1. The molecule has 3 heteroatoms. The smallest absolute Gasteiger partial charge is 0.130 e. The number of hydrogen-bond acceptors (Lipinski definition) is 1. The van der Waals surface area contributed by atoms with Crippen LogP contribution in [0.25, 0.3) is 6.08 Å². The van der Waals surface area contributed by atoms with Gasteiger partial charge in [-0.1, -0.05) is 30.7 Å². The van der Waals surface area contributed by atoms with Gasteiger partial charge >= 0.3 is 0 Å². The molecule has 0 amide bonds. The monoisotopic (exact) mass is 213 g/mol. The van der Waals surface area contributed by atoms with Gasteiger partial charge < -0.3 is 5.32 Å². The third kappa shape index (κ3) is 3.48. The third-order valence-corrected chi connectivity index (χ3v) is 2.00. The first-order valence-electron chi connectivity index (χ1n) is 4.56. The highest BCUT2D eigenvalue weighted by atomic mass is 35.5. The van der Waals surface area contributed by atoms with Crippen LogP contribution in [0.15, 0.2) is 24.3 Å². The van der Waals surface area contributed by atoms with E-state index in [9.17, 15) is 4.39 Å². The quantitative estimate of drug-likeness (QED) is 0.758. The molecule has 1 nitrogen and oxygen atoms in total. The zero-order valence-corrected chi connectivity index (χ0v) is 8.81. The Balaban J connectivity index is 2.65. The molecular weight excluding hydrogens is 201 g/mol. The first kappa shape index (κ1) is 11.2. The van der Waals surface area contributed by atoms with Crippen LogP contribution >= 0.6 is 11.6 Å². The van der Waals surface area contributed by atoms with E-state index in [1.807, 2.05) is 13.0 Å². The predicted octanol–water partition coefficient (Wildman–Crippen LogP) is 3.10. The van der Waals surface area contributed by atoms with Crippen LogP contribution in [0.4, 0.5) is 4.39 Å². The highest BCUT2D eigenvalue weighted by molar-refractivity contribution is 6.30. The molecule has 0 bridgehead atoms. The highest BCUT2D eigenvalue weighted by Crippen LogP contribution is 2.15. The van der Waals surface area contributed by atoms with E-state index >= 15 is 0 Å². The lowest BCUT2D eigenvalue weighted by Crippen LogP contribution is -2.11. The summed E-state index contributed by atoms with van der Waals surface area (Å²) in [4.78, 5) is 0. The highest BCUT2D eigenvalue weighted by Gasteiger charge is 1.97. The summed E-state index contributed by atoms with van der Waals surface area (Å²) in [5.41, 5.74) is 0.524. The van der Waals surface area contributed by atoms with Crippen molar-refractivity contribution in [2.24, 2.45) is 0 Å². The molecule has 0 unspecified atom stereocenters. The molecule has 0 aliphatic heterocycles. The van der Waals surface area contributed by atoms with Crippen molar-refractivity contribution < 1.29 is 4.39 Å². The van der Waals surface area contributed by atoms with Crippen molar-refractivity contribution in [1.29, 1.82) is 0 Å². The Kier molecular flexibility index (Phi) is 4.63. The molecule has 0 aliphatic rings. The largest absolute Gasteiger partial charge is 0.314 e. The summed E-state index contributed by atoms with van der Waals surface area (Å²) < 4.78 is 13.1. The first-order chi connectivity index (χ1) is 6.74. The lowest BCUT2D eigenvalue weighted by atomic mass is 10.2. The summed E-state index contributed by atoms with van der Waals surface area (Å²) in [5.74, 6) is -0.248. The van der Waals surface area contributed by atoms with E-state index in [0.29, 0.717) is 10.6 Å². The van der Waals surface area contributed by atoms with Gasteiger partial charge in [0.15, 0.2) is 0 Å². The van der Waals surface area contributed by atoms with Crippen molar-refractivity contribution >= 4 is 17.7 Å². The molecule has 0 saturated heterocycles. The Bertz CT molecular complexity index is 323. The molecular formula is C11H13ClFN. The topological polar surface area (TPSA) is 12.0 Å². The molecule has 0 fully saturated rings. The van der Waals surface area contributed by atoms with Gasteiger partial charge in [0.25, 0.3) is 0 Å². The fourth-order valence-electron chi connectivity index (χ4n) is 1.06. The van der Waals surface area contributed by atoms with Crippen LogP contribution < -0.4 is 5.32 Å². The van der Waals surface area contributed by atoms with E-state index in [1.54, 1.807) is 18.2 Å². The molecule has 1 aromatic carbocycles. The molecule has 1 rings (SSSR count). The second-order valence-electron chi connectivity index (χ2n) is 2.88. The molecule has 1 aromatic rings. The van der Waals surface area contributed by atoms with Crippen molar-refractivity contribution in [2.45, 2.75) is 6.92 Å². The van der Waals surface area contributed by atoms with E-state index < -0.39 is 0 Å². The molecule has 0 saturated carbocycles. The standard InChI is InChI=1S/C11H13ClFN/c1-2-14-7-3-4-9-8-10(12)5-6-11(9)13/h3-6,8,14H,2,7H2,1H3/b4-3+. The maximum atomic E-state index is 13.1. The Morgan fingerprint density at radius 2 is 2.29 bits per heavy atom. The number of halogens is 2. The fraction of sp³-hybridized carbons (Fsp3) is 0.273. The Morgan fingerprint density at radius 3 is 3.00 bits per heavy atom. The maximum absolute atomic E-state index is 13.1. The van der Waals surface area contributed by atoms with Gasteiger partial charge in [-0.15, -0.1) is 0 Å². The van der Waals surface area contributed by atoms with Gasteiger partial charge in [0, 0.05) is 17.1 Å². The molecule has 76 valence electrons. The van der Waals surface area contributed by atoms with Gasteiger partial charge in [-0.3, -0.25) is 0 Å². The van der Waals surface area contributed by atoms with Crippen LogP contribution in [-0.4, -0.2) is 13.1 Å². The average Bonchev–Trinajstić information content (AvgIpc) is 2.18. The third-order valence-electron chi connectivity index (χ3n) is 1.77. The van der Waals surface area contributed by atoms with Crippen LogP contribution in [0.2, 0.25) is 5.02 Å². The minimum absolute atomic E-state index is 0.248. The van der Waals surface area contributed by atoms with Crippen molar-refractivity contribution in [3.8, 4) is 0 Å². The molecule has 0 aromatic heterocycles. The molecule has 0 radical (unpaired) electrons. The molecule has 0 spiro atoms. The Hall–Kier alpha value is -0.860. The van der Waals surface area contributed by atoms with Crippen LogP contribution in [-0.2, 0) is 0 Å². The molecule has 0 aliphatic carbocycles. The SMILES string of the molecule is CCNC/C=C/c1cc(Cl)ccc1F. The summed E-state index contributed by atoms with van der Waals surface area (Å²) in [6, 6.07) is 4.52. The van der Waals surface area contributed by atoms with Crippen LogP contribution in [0.5, 0.6) is 0 Å². The number of rotatable bonds is 4. The second kappa shape index (κ2) is 5.78. The summed E-state index contributed by atoms with van der Waals surface area (Å²) >= 11 is 5.74. The fourth-order valence-corrected chi connectivity index (χ4v) is 1.24. The summed E-state index contributed by atoms with van der Waals surface area (Å²) in [6.07, 6.45) is 3.60. The molecule has 0 heterocycles. The van der Waals surface area contributed by atoms with Gasteiger partial charge in [-0.2, -0.15) is 0 Å². The Labute approximate surface area is 88.6 Å². The van der Waals surface area contributed by atoms with E-state index in [0.717, 1.165) is 13.1 Å². The van der Waals surface area contributed by atoms with E-state index in [4.69, 9.17) is 11.6 Å². The van der Waals surface area contributed by atoms with Gasteiger partial charge in [0.05, 0.1) is 0 Å². The van der Waals surface area contributed by atoms with Crippen LogP contribution in [0, 0.1) is 5.82 Å². The lowest BCUT2D eigenvalue weighted by Gasteiger charge is -1.98. The first-order valence-corrected chi connectivity index (χ1v) is 4.94. The minimum atomic E-state index is -0.248. The Morgan fingerprint density at radius 1 is 1.50 bits per heavy atom. The predicted molar refractivity (Wildman–Crippen MR) is 59.0 cm³/mol.